The third-order valence-electron chi connectivity index (χ3n) is 6.75. The van der Waals surface area contributed by atoms with Gasteiger partial charge in [0.25, 0.3) is 5.91 Å². The van der Waals surface area contributed by atoms with E-state index in [9.17, 15) is 4.79 Å². The number of carbonyl (C=O) groups excluding carboxylic acids is 1. The van der Waals surface area contributed by atoms with Crippen LogP contribution in [0.1, 0.15) is 45.6 Å². The average molecular weight is 476 g/mol. The summed E-state index contributed by atoms with van der Waals surface area (Å²) in [5, 5.41) is 0. The van der Waals surface area contributed by atoms with Crippen LogP contribution in [0.15, 0.2) is 54.6 Å². The van der Waals surface area contributed by atoms with Crippen LogP contribution in [0.25, 0.3) is 0 Å². The van der Waals surface area contributed by atoms with Gasteiger partial charge in [-0.15, -0.1) is 0 Å². The van der Waals surface area contributed by atoms with E-state index >= 15 is 0 Å². The van der Waals surface area contributed by atoms with Crippen LogP contribution in [-0.2, 0) is 19.3 Å². The van der Waals surface area contributed by atoms with Crippen molar-refractivity contribution in [2.45, 2.75) is 32.2 Å². The number of benzene rings is 3. The van der Waals surface area contributed by atoms with E-state index in [4.69, 9.17) is 18.9 Å². The van der Waals surface area contributed by atoms with E-state index in [0.717, 1.165) is 24.0 Å². The Hall–Kier alpha value is -3.67. The Labute approximate surface area is 207 Å². The molecule has 4 rings (SSSR count). The molecule has 1 aliphatic rings. The van der Waals surface area contributed by atoms with Crippen LogP contribution in [0.4, 0.5) is 0 Å². The summed E-state index contributed by atoms with van der Waals surface area (Å²) in [5.41, 5.74) is 5.20. The Morgan fingerprint density at radius 2 is 1.40 bits per heavy atom. The van der Waals surface area contributed by atoms with Crippen LogP contribution >= 0.6 is 0 Å². The molecule has 6 heteroatoms. The number of rotatable bonds is 8. The number of ether oxygens (including phenoxy) is 4. The van der Waals surface area contributed by atoms with Gasteiger partial charge in [-0.1, -0.05) is 25.1 Å². The third-order valence-corrected chi connectivity index (χ3v) is 6.75. The lowest BCUT2D eigenvalue weighted by Crippen LogP contribution is -2.41. The van der Waals surface area contributed by atoms with Crippen molar-refractivity contribution < 1.29 is 23.7 Å². The first kappa shape index (κ1) is 24.5. The number of nitrogens with zero attached hydrogens (tertiary/aromatic N) is 1. The zero-order valence-corrected chi connectivity index (χ0v) is 21.1. The molecule has 0 N–H and O–H groups in total. The van der Waals surface area contributed by atoms with Gasteiger partial charge in [-0.25, -0.2) is 0 Å². The predicted octanol–water partition coefficient (Wildman–Crippen LogP) is 5.27. The molecule has 0 bridgehead atoms. The standard InChI is InChI=1S/C29H33NO5/c1-6-19-7-10-21(11-8-19)29(31)30-14-13-22-17-27(34-4)28(35-5)18-23(22)24(30)15-20-9-12-25(32-2)26(16-20)33-3/h7-12,16-18,24H,6,13-15H2,1-5H3. The number of hydrogen-bond donors (Lipinski definition) is 0. The monoisotopic (exact) mass is 475 g/mol. The van der Waals surface area contributed by atoms with Crippen LogP contribution in [0.3, 0.4) is 0 Å². The minimum absolute atomic E-state index is 0.0264. The Bertz CT molecular complexity index is 1190. The molecule has 1 aliphatic heterocycles. The lowest BCUT2D eigenvalue weighted by molar-refractivity contribution is 0.0659. The molecule has 35 heavy (non-hydrogen) atoms. The Morgan fingerprint density at radius 1 is 0.800 bits per heavy atom. The van der Waals surface area contributed by atoms with Crippen LogP contribution in [0, 0.1) is 0 Å². The fourth-order valence-corrected chi connectivity index (χ4v) is 4.77. The molecule has 0 spiro atoms. The molecule has 0 fully saturated rings. The van der Waals surface area contributed by atoms with E-state index in [1.54, 1.807) is 28.4 Å². The van der Waals surface area contributed by atoms with E-state index in [1.807, 2.05) is 59.5 Å². The lowest BCUT2D eigenvalue weighted by atomic mass is 9.87. The van der Waals surface area contributed by atoms with Crippen LogP contribution in [0.2, 0.25) is 0 Å². The largest absolute Gasteiger partial charge is 0.493 e. The Morgan fingerprint density at radius 3 is 2.03 bits per heavy atom. The quantitative estimate of drug-likeness (QED) is 0.445. The molecule has 0 aromatic heterocycles. The number of amides is 1. The third kappa shape index (κ3) is 4.92. The SMILES string of the molecule is CCc1ccc(C(=O)N2CCc3cc(OC)c(OC)cc3C2Cc2ccc(OC)c(OC)c2)cc1. The van der Waals surface area contributed by atoms with Gasteiger partial charge < -0.3 is 23.8 Å². The maximum atomic E-state index is 13.7. The molecule has 6 nitrogen and oxygen atoms in total. The van der Waals surface area contributed by atoms with E-state index in [-0.39, 0.29) is 11.9 Å². The zero-order valence-electron chi connectivity index (χ0n) is 21.1. The molecule has 0 aliphatic carbocycles. The Balaban J connectivity index is 1.76. The van der Waals surface area contributed by atoms with Crippen molar-refractivity contribution in [1.29, 1.82) is 0 Å². The summed E-state index contributed by atoms with van der Waals surface area (Å²) in [6.07, 6.45) is 2.31. The Kier molecular flexibility index (Phi) is 7.49. The molecule has 3 aromatic carbocycles. The van der Waals surface area contributed by atoms with E-state index in [2.05, 4.69) is 6.92 Å². The first-order valence-corrected chi connectivity index (χ1v) is 11.9. The highest BCUT2D eigenvalue weighted by atomic mass is 16.5. The van der Waals surface area contributed by atoms with Gasteiger partial charge in [0.15, 0.2) is 23.0 Å². The fraction of sp³-hybridized carbons (Fsp3) is 0.345. The van der Waals surface area contributed by atoms with Crippen molar-refractivity contribution in [3.05, 3.63) is 82.4 Å². The summed E-state index contributed by atoms with van der Waals surface area (Å²) in [6.45, 7) is 2.73. The molecule has 1 amide bonds. The van der Waals surface area contributed by atoms with Crippen molar-refractivity contribution >= 4 is 5.91 Å². The van der Waals surface area contributed by atoms with Crippen LogP contribution in [-0.4, -0.2) is 45.8 Å². The molecule has 0 radical (unpaired) electrons. The number of aryl methyl sites for hydroxylation is 1. The van der Waals surface area contributed by atoms with Gasteiger partial charge in [-0.05, 0) is 77.9 Å². The summed E-state index contributed by atoms with van der Waals surface area (Å²) < 4.78 is 22.1. The van der Waals surface area contributed by atoms with Gasteiger partial charge in [0.2, 0.25) is 0 Å². The van der Waals surface area contributed by atoms with Gasteiger partial charge >= 0.3 is 0 Å². The normalized spacial score (nSPS) is 14.8. The molecule has 1 unspecified atom stereocenters. The number of fused-ring (bicyclic) bond motifs is 1. The second-order valence-corrected chi connectivity index (χ2v) is 8.61. The summed E-state index contributed by atoms with van der Waals surface area (Å²) in [6, 6.07) is 17.7. The minimum Gasteiger partial charge on any atom is -0.493 e. The fourth-order valence-electron chi connectivity index (χ4n) is 4.77. The van der Waals surface area contributed by atoms with E-state index in [1.165, 1.54) is 11.1 Å². The van der Waals surface area contributed by atoms with Crippen molar-refractivity contribution in [2.75, 3.05) is 35.0 Å². The maximum absolute atomic E-state index is 13.7. The first-order valence-electron chi connectivity index (χ1n) is 11.9. The molecule has 184 valence electrons. The highest BCUT2D eigenvalue weighted by Gasteiger charge is 2.33. The second-order valence-electron chi connectivity index (χ2n) is 8.61. The van der Waals surface area contributed by atoms with Crippen molar-refractivity contribution in [2.24, 2.45) is 0 Å². The number of carbonyl (C=O) groups is 1. The number of hydrogen-bond acceptors (Lipinski definition) is 5. The van der Waals surface area contributed by atoms with Gasteiger partial charge in [-0.3, -0.25) is 4.79 Å². The van der Waals surface area contributed by atoms with Gasteiger partial charge in [0.05, 0.1) is 34.5 Å². The summed E-state index contributed by atoms with van der Waals surface area (Å²) in [7, 11) is 6.53. The van der Waals surface area contributed by atoms with Gasteiger partial charge in [0.1, 0.15) is 0 Å². The lowest BCUT2D eigenvalue weighted by Gasteiger charge is -2.38. The average Bonchev–Trinajstić information content (AvgIpc) is 2.91. The van der Waals surface area contributed by atoms with E-state index in [0.29, 0.717) is 41.5 Å². The van der Waals surface area contributed by atoms with Crippen molar-refractivity contribution in [3.8, 4) is 23.0 Å². The van der Waals surface area contributed by atoms with Gasteiger partial charge in [0, 0.05) is 12.1 Å². The van der Waals surface area contributed by atoms with Crippen LogP contribution < -0.4 is 18.9 Å². The smallest absolute Gasteiger partial charge is 0.254 e. The van der Waals surface area contributed by atoms with Crippen molar-refractivity contribution in [1.82, 2.24) is 4.90 Å². The first-order chi connectivity index (χ1) is 17.0. The second kappa shape index (κ2) is 10.7. The van der Waals surface area contributed by atoms with Crippen molar-refractivity contribution in [3.63, 3.8) is 0 Å². The molecule has 0 saturated heterocycles. The van der Waals surface area contributed by atoms with Gasteiger partial charge in [-0.2, -0.15) is 0 Å². The topological polar surface area (TPSA) is 57.2 Å². The summed E-state index contributed by atoms with van der Waals surface area (Å²) in [4.78, 5) is 15.7. The predicted molar refractivity (Wildman–Crippen MR) is 136 cm³/mol. The van der Waals surface area contributed by atoms with Crippen LogP contribution in [0.5, 0.6) is 23.0 Å². The summed E-state index contributed by atoms with van der Waals surface area (Å²) in [5.74, 6) is 2.73. The highest BCUT2D eigenvalue weighted by Crippen LogP contribution is 2.41. The maximum Gasteiger partial charge on any atom is 0.254 e. The van der Waals surface area contributed by atoms with E-state index < -0.39 is 0 Å². The highest BCUT2D eigenvalue weighted by molar-refractivity contribution is 5.94. The molecule has 1 heterocycles. The minimum atomic E-state index is -0.171. The molecule has 0 saturated carbocycles. The molecular weight excluding hydrogens is 442 g/mol. The molecule has 1 atom stereocenters. The number of methoxy groups -OCH3 is 4. The molecular formula is C29H33NO5. The zero-order chi connectivity index (χ0) is 24.9. The summed E-state index contributed by atoms with van der Waals surface area (Å²) >= 11 is 0. The molecule has 3 aromatic rings.